The molecule has 1 aromatic carbocycles. The van der Waals surface area contributed by atoms with Crippen molar-refractivity contribution in [1.82, 2.24) is 4.72 Å². The molecule has 0 aromatic heterocycles. The zero-order valence-corrected chi connectivity index (χ0v) is 14.3. The Kier molecular flexibility index (Phi) is 7.58. The fourth-order valence-corrected chi connectivity index (χ4v) is 3.04. The van der Waals surface area contributed by atoms with Gasteiger partial charge in [-0.1, -0.05) is 13.3 Å². The quantitative estimate of drug-likeness (QED) is 0.508. The van der Waals surface area contributed by atoms with E-state index in [1.165, 1.54) is 0 Å². The number of nitrogen functional groups attached to an aromatic ring is 1. The third kappa shape index (κ3) is 5.90. The monoisotopic (exact) mass is 382 g/mol. The Morgan fingerprint density at radius 3 is 2.67 bits per heavy atom. The van der Waals surface area contributed by atoms with Gasteiger partial charge >= 0.3 is 0 Å². The van der Waals surface area contributed by atoms with E-state index in [-0.39, 0.29) is 12.2 Å². The third-order valence-corrected chi connectivity index (χ3v) is 4.90. The maximum absolute atomic E-state index is 13.7. The smallest absolute Gasteiger partial charge is 0.243 e. The minimum atomic E-state index is -3.91. The van der Waals surface area contributed by atoms with Gasteiger partial charge in [0.15, 0.2) is 0 Å². The summed E-state index contributed by atoms with van der Waals surface area (Å²) in [6.45, 7) is 3.38. The van der Waals surface area contributed by atoms with Crippen molar-refractivity contribution in [2.45, 2.75) is 31.1 Å². The number of unbranched alkanes of at least 4 members (excludes halogenated alkanes) is 1. The van der Waals surface area contributed by atoms with Gasteiger partial charge in [-0.15, -0.1) is 0 Å². The predicted octanol–water partition coefficient (Wildman–Crippen LogP) is 2.66. The van der Waals surface area contributed by atoms with Crippen molar-refractivity contribution in [3.8, 4) is 0 Å². The van der Waals surface area contributed by atoms with E-state index in [2.05, 4.69) is 27.6 Å². The molecule has 0 fully saturated rings. The van der Waals surface area contributed by atoms with Gasteiger partial charge in [0.1, 0.15) is 10.7 Å². The molecule has 0 aliphatic carbocycles. The number of nitrogens with two attached hydrogens (primary N) is 1. The number of ether oxygens (including phenoxy) is 1. The maximum atomic E-state index is 13.7. The van der Waals surface area contributed by atoms with Crippen LogP contribution in [-0.2, 0) is 14.8 Å². The van der Waals surface area contributed by atoms with Gasteiger partial charge in [-0.25, -0.2) is 17.5 Å². The Morgan fingerprint density at radius 1 is 1.33 bits per heavy atom. The number of benzene rings is 1. The first-order chi connectivity index (χ1) is 9.88. The van der Waals surface area contributed by atoms with Crippen LogP contribution >= 0.6 is 15.9 Å². The Morgan fingerprint density at radius 2 is 2.00 bits per heavy atom. The molecule has 1 rings (SSSR count). The van der Waals surface area contributed by atoms with Crippen LogP contribution in [0.25, 0.3) is 0 Å². The van der Waals surface area contributed by atoms with E-state index >= 15 is 0 Å². The van der Waals surface area contributed by atoms with Gasteiger partial charge < -0.3 is 10.5 Å². The largest absolute Gasteiger partial charge is 0.398 e. The summed E-state index contributed by atoms with van der Waals surface area (Å²) in [4.78, 5) is -0.449. The minimum absolute atomic E-state index is 0.166. The summed E-state index contributed by atoms with van der Waals surface area (Å²) in [5, 5.41) is 0. The van der Waals surface area contributed by atoms with Gasteiger partial charge in [-0.05, 0) is 40.9 Å². The van der Waals surface area contributed by atoms with Gasteiger partial charge in [0.05, 0.1) is 0 Å². The van der Waals surface area contributed by atoms with Crippen LogP contribution in [-0.4, -0.2) is 28.2 Å². The topological polar surface area (TPSA) is 81.4 Å². The van der Waals surface area contributed by atoms with Crippen molar-refractivity contribution in [2.75, 3.05) is 25.5 Å². The standard InChI is InChI=1S/C13H20BrFN2O3S/c1-2-3-6-20-7-4-5-17-21(18,19)13-9-12(16)10(14)8-11(13)15/h8-9,17H,2-7,16H2,1H3. The number of nitrogens with one attached hydrogen (secondary N) is 1. The average Bonchev–Trinajstić information content (AvgIpc) is 2.41. The summed E-state index contributed by atoms with van der Waals surface area (Å²) in [7, 11) is -3.91. The highest BCUT2D eigenvalue weighted by Gasteiger charge is 2.20. The molecule has 0 saturated carbocycles. The third-order valence-electron chi connectivity index (χ3n) is 2.74. The molecule has 0 radical (unpaired) electrons. The Hall–Kier alpha value is -0.700. The molecular weight excluding hydrogens is 363 g/mol. The van der Waals surface area contributed by atoms with Crippen LogP contribution in [0.4, 0.5) is 10.1 Å². The highest BCUT2D eigenvalue weighted by Crippen LogP contribution is 2.25. The number of halogens is 2. The first-order valence-electron chi connectivity index (χ1n) is 6.70. The van der Waals surface area contributed by atoms with Crippen LogP contribution in [0.3, 0.4) is 0 Å². The van der Waals surface area contributed by atoms with E-state index in [1.807, 2.05) is 0 Å². The number of anilines is 1. The number of hydrogen-bond acceptors (Lipinski definition) is 4. The van der Waals surface area contributed by atoms with Crippen LogP contribution < -0.4 is 10.5 Å². The van der Waals surface area contributed by atoms with Gasteiger partial charge in [-0.2, -0.15) is 0 Å². The molecule has 8 heteroatoms. The van der Waals surface area contributed by atoms with Gasteiger partial charge in [-0.3, -0.25) is 0 Å². The molecule has 1 aromatic rings. The number of hydrogen-bond donors (Lipinski definition) is 2. The molecule has 21 heavy (non-hydrogen) atoms. The van der Waals surface area contributed by atoms with Gasteiger partial charge in [0.2, 0.25) is 10.0 Å². The summed E-state index contributed by atoms with van der Waals surface area (Å²) in [6, 6.07) is 2.14. The van der Waals surface area contributed by atoms with Crippen LogP contribution in [0, 0.1) is 5.82 Å². The summed E-state index contributed by atoms with van der Waals surface area (Å²) in [5.41, 5.74) is 5.75. The van der Waals surface area contributed by atoms with Crippen LogP contribution in [0.5, 0.6) is 0 Å². The van der Waals surface area contributed by atoms with E-state index in [4.69, 9.17) is 10.5 Å². The Bertz CT molecular complexity index is 567. The van der Waals surface area contributed by atoms with Gasteiger partial charge in [0.25, 0.3) is 0 Å². The molecule has 0 unspecified atom stereocenters. The predicted molar refractivity (Wildman–Crippen MR) is 84.0 cm³/mol. The van der Waals surface area contributed by atoms with Crippen LogP contribution in [0.2, 0.25) is 0 Å². The van der Waals surface area contributed by atoms with Crippen LogP contribution in [0.15, 0.2) is 21.5 Å². The first-order valence-corrected chi connectivity index (χ1v) is 8.98. The second-order valence-corrected chi connectivity index (χ2v) is 7.11. The van der Waals surface area contributed by atoms with E-state index in [1.54, 1.807) is 0 Å². The maximum Gasteiger partial charge on any atom is 0.243 e. The zero-order chi connectivity index (χ0) is 15.9. The second-order valence-electron chi connectivity index (χ2n) is 4.52. The summed E-state index contributed by atoms with van der Waals surface area (Å²) < 4.78 is 45.7. The molecule has 0 aliphatic rings. The molecule has 0 amide bonds. The molecule has 5 nitrogen and oxygen atoms in total. The molecule has 0 atom stereocenters. The van der Waals surface area contributed by atoms with E-state index in [9.17, 15) is 12.8 Å². The average molecular weight is 383 g/mol. The highest BCUT2D eigenvalue weighted by atomic mass is 79.9. The number of sulfonamides is 1. The molecule has 3 N–H and O–H groups in total. The fraction of sp³-hybridized carbons (Fsp3) is 0.538. The lowest BCUT2D eigenvalue weighted by Gasteiger charge is -2.09. The van der Waals surface area contributed by atoms with Gasteiger partial charge in [0, 0.05) is 29.9 Å². The van der Waals surface area contributed by atoms with Crippen molar-refractivity contribution in [1.29, 1.82) is 0 Å². The van der Waals surface area contributed by atoms with Crippen molar-refractivity contribution in [3.05, 3.63) is 22.4 Å². The molecule has 0 heterocycles. The van der Waals surface area contributed by atoms with Crippen molar-refractivity contribution < 1.29 is 17.5 Å². The van der Waals surface area contributed by atoms with E-state index in [0.717, 1.165) is 25.0 Å². The number of rotatable bonds is 9. The highest BCUT2D eigenvalue weighted by molar-refractivity contribution is 9.10. The summed E-state index contributed by atoms with van der Waals surface area (Å²) in [5.74, 6) is -0.845. The lowest BCUT2D eigenvalue weighted by molar-refractivity contribution is 0.130. The second kappa shape index (κ2) is 8.67. The lowest BCUT2D eigenvalue weighted by Crippen LogP contribution is -2.26. The van der Waals surface area contributed by atoms with Crippen molar-refractivity contribution >= 4 is 31.6 Å². The first kappa shape index (κ1) is 18.3. The normalized spacial score (nSPS) is 11.8. The van der Waals surface area contributed by atoms with Crippen molar-refractivity contribution in [2.24, 2.45) is 0 Å². The molecule has 0 spiro atoms. The van der Waals surface area contributed by atoms with E-state index in [0.29, 0.717) is 24.1 Å². The van der Waals surface area contributed by atoms with Crippen molar-refractivity contribution in [3.63, 3.8) is 0 Å². The minimum Gasteiger partial charge on any atom is -0.398 e. The summed E-state index contributed by atoms with van der Waals surface area (Å²) in [6.07, 6.45) is 2.56. The SMILES string of the molecule is CCCCOCCCNS(=O)(=O)c1cc(N)c(Br)cc1F. The molecule has 120 valence electrons. The Balaban J connectivity index is 2.53. The summed E-state index contributed by atoms with van der Waals surface area (Å²) >= 11 is 3.04. The lowest BCUT2D eigenvalue weighted by atomic mass is 10.3. The van der Waals surface area contributed by atoms with E-state index < -0.39 is 20.7 Å². The van der Waals surface area contributed by atoms with Crippen LogP contribution in [0.1, 0.15) is 26.2 Å². The zero-order valence-electron chi connectivity index (χ0n) is 11.9. The molecule has 0 saturated heterocycles. The Labute approximate surface area is 133 Å². The molecule has 0 bridgehead atoms. The fourth-order valence-electron chi connectivity index (χ4n) is 1.56. The molecule has 0 aliphatic heterocycles. The molecular formula is C13H20BrFN2O3S.